The molecule has 0 atom stereocenters. The Labute approximate surface area is 142 Å². The third kappa shape index (κ3) is 3.19. The summed E-state index contributed by atoms with van der Waals surface area (Å²) in [6.07, 6.45) is 0. The fourth-order valence-corrected chi connectivity index (χ4v) is 4.62. The minimum Gasteiger partial charge on any atom is -0.336 e. The van der Waals surface area contributed by atoms with Crippen LogP contribution in [0.5, 0.6) is 0 Å². The van der Waals surface area contributed by atoms with Crippen LogP contribution in [0.25, 0.3) is 0 Å². The van der Waals surface area contributed by atoms with E-state index < -0.39 is 26.6 Å². The Morgan fingerprint density at radius 3 is 2.38 bits per heavy atom. The summed E-state index contributed by atoms with van der Waals surface area (Å²) in [6, 6.07) is 4.09. The molecule has 9 heteroatoms. The Hall–Kier alpha value is -1.84. The van der Waals surface area contributed by atoms with E-state index in [0.717, 1.165) is 16.4 Å². The number of sulfonamides is 1. The van der Waals surface area contributed by atoms with E-state index in [-0.39, 0.29) is 32.1 Å². The predicted octanol–water partition coefficient (Wildman–Crippen LogP) is 2.17. The number of amides is 1. The van der Waals surface area contributed by atoms with Gasteiger partial charge in [-0.2, -0.15) is 15.6 Å². The van der Waals surface area contributed by atoms with Gasteiger partial charge in [-0.25, -0.2) is 17.2 Å². The van der Waals surface area contributed by atoms with Crippen LogP contribution in [-0.2, 0) is 10.0 Å². The number of nitrogens with zero attached hydrogens (tertiary/aromatic N) is 2. The highest BCUT2D eigenvalue weighted by Crippen LogP contribution is 2.22. The van der Waals surface area contributed by atoms with E-state index in [4.69, 9.17) is 0 Å². The monoisotopic (exact) mass is 372 g/mol. The van der Waals surface area contributed by atoms with Crippen LogP contribution >= 0.6 is 11.3 Å². The maximum absolute atomic E-state index is 13.8. The Balaban J connectivity index is 1.73. The number of benzene rings is 1. The molecule has 0 aliphatic carbocycles. The van der Waals surface area contributed by atoms with Gasteiger partial charge >= 0.3 is 0 Å². The number of carbonyl (C=O) groups is 1. The zero-order valence-corrected chi connectivity index (χ0v) is 14.1. The molecule has 0 bridgehead atoms. The molecule has 0 N–H and O–H groups in total. The fourth-order valence-electron chi connectivity index (χ4n) is 2.52. The standard InChI is InChI=1S/C15H14F2N2O3S2/c16-12-1-2-14(13(17)9-12)24(21,22)19-6-4-18(5-7-19)15(20)11-3-8-23-10-11/h1-3,8-10H,4-7H2. The third-order valence-corrected chi connectivity index (χ3v) is 6.42. The molecule has 1 aromatic carbocycles. The molecule has 0 saturated carbocycles. The van der Waals surface area contributed by atoms with Crippen molar-refractivity contribution in [3.05, 3.63) is 52.2 Å². The summed E-state index contributed by atoms with van der Waals surface area (Å²) in [5.41, 5.74) is 0.570. The van der Waals surface area contributed by atoms with Crippen LogP contribution in [0.4, 0.5) is 8.78 Å². The highest BCUT2D eigenvalue weighted by molar-refractivity contribution is 7.89. The molecular formula is C15H14F2N2O3S2. The van der Waals surface area contributed by atoms with Crippen molar-refractivity contribution in [2.45, 2.75) is 4.90 Å². The molecule has 1 aromatic heterocycles. The van der Waals surface area contributed by atoms with Crippen LogP contribution in [0.15, 0.2) is 39.9 Å². The van der Waals surface area contributed by atoms with Crippen molar-refractivity contribution in [3.63, 3.8) is 0 Å². The van der Waals surface area contributed by atoms with Crippen LogP contribution in [0.2, 0.25) is 0 Å². The van der Waals surface area contributed by atoms with Crippen molar-refractivity contribution >= 4 is 27.3 Å². The maximum Gasteiger partial charge on any atom is 0.254 e. The van der Waals surface area contributed by atoms with E-state index in [2.05, 4.69) is 0 Å². The van der Waals surface area contributed by atoms with E-state index in [9.17, 15) is 22.0 Å². The average molecular weight is 372 g/mol. The number of piperazine rings is 1. The fraction of sp³-hybridized carbons (Fsp3) is 0.267. The smallest absolute Gasteiger partial charge is 0.254 e. The molecule has 24 heavy (non-hydrogen) atoms. The van der Waals surface area contributed by atoms with Gasteiger partial charge in [0.05, 0.1) is 5.56 Å². The second-order valence-electron chi connectivity index (χ2n) is 5.28. The minimum absolute atomic E-state index is 0.0645. The molecule has 5 nitrogen and oxygen atoms in total. The van der Waals surface area contributed by atoms with Gasteiger partial charge in [0.15, 0.2) is 0 Å². The third-order valence-electron chi connectivity index (χ3n) is 3.81. The summed E-state index contributed by atoms with van der Waals surface area (Å²) in [5, 5.41) is 3.53. The topological polar surface area (TPSA) is 57.7 Å². The highest BCUT2D eigenvalue weighted by Gasteiger charge is 2.32. The summed E-state index contributed by atoms with van der Waals surface area (Å²) in [4.78, 5) is 13.3. The molecule has 1 saturated heterocycles. The van der Waals surface area contributed by atoms with Crippen LogP contribution in [0.3, 0.4) is 0 Å². The molecule has 3 rings (SSSR count). The van der Waals surface area contributed by atoms with E-state index in [0.29, 0.717) is 11.6 Å². The zero-order valence-electron chi connectivity index (χ0n) is 12.5. The van der Waals surface area contributed by atoms with Gasteiger partial charge in [0.25, 0.3) is 5.91 Å². The summed E-state index contributed by atoms with van der Waals surface area (Å²) in [5.74, 6) is -2.11. The van der Waals surface area contributed by atoms with Gasteiger partial charge in [-0.15, -0.1) is 0 Å². The first-order valence-electron chi connectivity index (χ1n) is 7.16. The lowest BCUT2D eigenvalue weighted by Crippen LogP contribution is -2.50. The Bertz CT molecular complexity index is 846. The van der Waals surface area contributed by atoms with Crippen LogP contribution in [0, 0.1) is 11.6 Å². The number of hydrogen-bond donors (Lipinski definition) is 0. The van der Waals surface area contributed by atoms with Crippen LogP contribution in [-0.4, -0.2) is 49.7 Å². The molecular weight excluding hydrogens is 358 g/mol. The Morgan fingerprint density at radius 1 is 1.08 bits per heavy atom. The number of carbonyl (C=O) groups excluding carboxylic acids is 1. The molecule has 1 aliphatic heterocycles. The van der Waals surface area contributed by atoms with Crippen molar-refractivity contribution in [1.82, 2.24) is 9.21 Å². The lowest BCUT2D eigenvalue weighted by atomic mass is 10.2. The van der Waals surface area contributed by atoms with Crippen molar-refractivity contribution in [3.8, 4) is 0 Å². The molecule has 2 heterocycles. The Morgan fingerprint density at radius 2 is 1.79 bits per heavy atom. The van der Waals surface area contributed by atoms with E-state index in [1.807, 2.05) is 0 Å². The molecule has 1 aliphatic rings. The van der Waals surface area contributed by atoms with Gasteiger partial charge in [-0.3, -0.25) is 4.79 Å². The highest BCUT2D eigenvalue weighted by atomic mass is 32.2. The molecule has 1 amide bonds. The second kappa shape index (κ2) is 6.58. The van der Waals surface area contributed by atoms with Gasteiger partial charge in [-0.1, -0.05) is 0 Å². The lowest BCUT2D eigenvalue weighted by Gasteiger charge is -2.33. The van der Waals surface area contributed by atoms with Gasteiger partial charge in [0, 0.05) is 37.6 Å². The van der Waals surface area contributed by atoms with Gasteiger partial charge < -0.3 is 4.90 Å². The molecule has 0 spiro atoms. The van der Waals surface area contributed by atoms with Crippen molar-refractivity contribution in [1.29, 1.82) is 0 Å². The van der Waals surface area contributed by atoms with Crippen LogP contribution in [0.1, 0.15) is 10.4 Å². The summed E-state index contributed by atoms with van der Waals surface area (Å²) in [7, 11) is -4.06. The first-order valence-corrected chi connectivity index (χ1v) is 9.54. The summed E-state index contributed by atoms with van der Waals surface area (Å²) in [6.45, 7) is 0.567. The molecule has 0 radical (unpaired) electrons. The number of halogens is 2. The minimum atomic E-state index is -4.06. The van der Waals surface area contributed by atoms with E-state index >= 15 is 0 Å². The molecule has 0 unspecified atom stereocenters. The average Bonchev–Trinajstić information content (AvgIpc) is 3.08. The Kier molecular flexibility index (Phi) is 4.66. The first kappa shape index (κ1) is 17.0. The van der Waals surface area contributed by atoms with E-state index in [1.54, 1.807) is 21.7 Å². The van der Waals surface area contributed by atoms with Crippen molar-refractivity contribution in [2.75, 3.05) is 26.2 Å². The molecule has 1 fully saturated rings. The maximum atomic E-state index is 13.8. The number of thiophene rings is 1. The number of hydrogen-bond acceptors (Lipinski definition) is 4. The summed E-state index contributed by atoms with van der Waals surface area (Å²) < 4.78 is 52.8. The summed E-state index contributed by atoms with van der Waals surface area (Å²) >= 11 is 1.41. The number of rotatable bonds is 3. The SMILES string of the molecule is O=C(c1ccsc1)N1CCN(S(=O)(=O)c2ccc(F)cc2F)CC1. The molecule has 128 valence electrons. The van der Waals surface area contributed by atoms with Gasteiger partial charge in [-0.05, 0) is 23.6 Å². The largest absolute Gasteiger partial charge is 0.336 e. The van der Waals surface area contributed by atoms with Gasteiger partial charge in [0.2, 0.25) is 10.0 Å². The van der Waals surface area contributed by atoms with Crippen molar-refractivity contribution in [2.24, 2.45) is 0 Å². The predicted molar refractivity (Wildman–Crippen MR) is 85.3 cm³/mol. The van der Waals surface area contributed by atoms with Crippen molar-refractivity contribution < 1.29 is 22.0 Å². The lowest BCUT2D eigenvalue weighted by molar-refractivity contribution is 0.0698. The molecule has 2 aromatic rings. The second-order valence-corrected chi connectivity index (χ2v) is 7.97. The first-order chi connectivity index (χ1) is 11.4. The quantitative estimate of drug-likeness (QED) is 0.830. The van der Waals surface area contributed by atoms with Crippen LogP contribution < -0.4 is 0 Å². The van der Waals surface area contributed by atoms with Gasteiger partial charge in [0.1, 0.15) is 16.5 Å². The zero-order chi connectivity index (χ0) is 17.3. The van der Waals surface area contributed by atoms with E-state index in [1.165, 1.54) is 11.3 Å². The normalized spacial score (nSPS) is 16.3.